The maximum atomic E-state index is 13.2. The number of aliphatic carboxylic acids is 2. The number of benzene rings is 1. The number of carboxylic acid groups (broad SMARTS) is 2. The molecule has 0 bridgehead atoms. The summed E-state index contributed by atoms with van der Waals surface area (Å²) < 4.78 is 13.2. The predicted octanol–water partition coefficient (Wildman–Crippen LogP) is 0.964. The van der Waals surface area contributed by atoms with E-state index in [0.717, 1.165) is 17.4 Å². The maximum absolute atomic E-state index is 13.2. The van der Waals surface area contributed by atoms with E-state index in [9.17, 15) is 4.39 Å². The van der Waals surface area contributed by atoms with Crippen molar-refractivity contribution < 1.29 is 24.2 Å². The molecule has 1 aromatic carbocycles. The number of aromatic nitrogens is 1. The number of carbonyl (C=O) groups is 2. The zero-order chi connectivity index (χ0) is 14.4. The highest BCUT2D eigenvalue weighted by Crippen LogP contribution is 2.20. The van der Waals surface area contributed by atoms with Crippen molar-refractivity contribution in [2.24, 2.45) is 5.73 Å². The van der Waals surface area contributed by atoms with Gasteiger partial charge in [0.1, 0.15) is 5.82 Å². The molecule has 0 unspecified atom stereocenters. The standard InChI is InChI=1S/C10H11FN2.C2H2O4/c11-9-3-1-2-8-7(4-5-12)6-13-10(8)9;3-1(4)2(5)6/h1-3,6,13H,4-5,12H2;(H,3,4)(H,5,6). The minimum atomic E-state index is -1.82. The highest BCUT2D eigenvalue weighted by atomic mass is 19.1. The quantitative estimate of drug-likeness (QED) is 0.605. The molecule has 0 radical (unpaired) electrons. The van der Waals surface area contributed by atoms with Gasteiger partial charge in [0.05, 0.1) is 5.52 Å². The van der Waals surface area contributed by atoms with Gasteiger partial charge in [-0.05, 0) is 24.6 Å². The number of fused-ring (bicyclic) bond motifs is 1. The van der Waals surface area contributed by atoms with Crippen molar-refractivity contribution in [2.75, 3.05) is 6.54 Å². The second-order valence-electron chi connectivity index (χ2n) is 3.63. The van der Waals surface area contributed by atoms with E-state index in [1.807, 2.05) is 12.3 Å². The Labute approximate surface area is 107 Å². The number of halogens is 1. The van der Waals surface area contributed by atoms with Crippen molar-refractivity contribution in [3.8, 4) is 0 Å². The van der Waals surface area contributed by atoms with Crippen LogP contribution >= 0.6 is 0 Å². The second-order valence-corrected chi connectivity index (χ2v) is 3.63. The first-order chi connectivity index (χ1) is 8.97. The Morgan fingerprint density at radius 1 is 1.26 bits per heavy atom. The van der Waals surface area contributed by atoms with Crippen molar-refractivity contribution in [2.45, 2.75) is 6.42 Å². The topological polar surface area (TPSA) is 116 Å². The SMILES string of the molecule is NCCc1c[nH]c2c(F)cccc12.O=C(O)C(=O)O. The van der Waals surface area contributed by atoms with Gasteiger partial charge >= 0.3 is 11.9 Å². The molecule has 0 atom stereocenters. The second kappa shape index (κ2) is 6.50. The molecule has 0 aliphatic carbocycles. The monoisotopic (exact) mass is 268 g/mol. The molecule has 7 heteroatoms. The molecule has 102 valence electrons. The van der Waals surface area contributed by atoms with Crippen LogP contribution in [0.4, 0.5) is 4.39 Å². The minimum absolute atomic E-state index is 0.208. The fourth-order valence-corrected chi connectivity index (χ4v) is 1.54. The van der Waals surface area contributed by atoms with Crippen LogP contribution in [0.25, 0.3) is 10.9 Å². The van der Waals surface area contributed by atoms with Gasteiger partial charge in [-0.25, -0.2) is 14.0 Å². The fraction of sp³-hybridized carbons (Fsp3) is 0.167. The molecule has 1 heterocycles. The largest absolute Gasteiger partial charge is 0.473 e. The summed E-state index contributed by atoms with van der Waals surface area (Å²) in [5, 5.41) is 15.7. The summed E-state index contributed by atoms with van der Waals surface area (Å²) in [5.41, 5.74) is 7.10. The molecular weight excluding hydrogens is 255 g/mol. The van der Waals surface area contributed by atoms with E-state index in [0.29, 0.717) is 12.1 Å². The number of para-hydroxylation sites is 1. The van der Waals surface area contributed by atoms with E-state index < -0.39 is 11.9 Å². The first-order valence-corrected chi connectivity index (χ1v) is 5.38. The number of rotatable bonds is 2. The van der Waals surface area contributed by atoms with Crippen LogP contribution in [0, 0.1) is 5.82 Å². The summed E-state index contributed by atoms with van der Waals surface area (Å²) in [6, 6.07) is 5.07. The van der Waals surface area contributed by atoms with Crippen LogP contribution in [-0.2, 0) is 16.0 Å². The molecule has 0 fully saturated rings. The van der Waals surface area contributed by atoms with Crippen LogP contribution in [0.15, 0.2) is 24.4 Å². The number of nitrogens with one attached hydrogen (secondary N) is 1. The van der Waals surface area contributed by atoms with Gasteiger partial charge in [0.15, 0.2) is 0 Å². The third kappa shape index (κ3) is 3.78. The molecule has 2 aromatic rings. The Bertz CT molecular complexity index is 582. The van der Waals surface area contributed by atoms with Crippen LogP contribution in [-0.4, -0.2) is 33.7 Å². The van der Waals surface area contributed by atoms with Crippen LogP contribution in [0.1, 0.15) is 5.56 Å². The van der Waals surface area contributed by atoms with Crippen molar-refractivity contribution in [1.29, 1.82) is 0 Å². The van der Waals surface area contributed by atoms with Gasteiger partial charge in [-0.15, -0.1) is 0 Å². The van der Waals surface area contributed by atoms with Gasteiger partial charge in [-0.1, -0.05) is 12.1 Å². The highest BCUT2D eigenvalue weighted by molar-refractivity contribution is 6.27. The molecule has 1 aromatic heterocycles. The Morgan fingerprint density at radius 2 is 1.89 bits per heavy atom. The van der Waals surface area contributed by atoms with Crippen molar-refractivity contribution in [3.05, 3.63) is 35.8 Å². The third-order valence-corrected chi connectivity index (χ3v) is 2.35. The predicted molar refractivity (Wildman–Crippen MR) is 66.3 cm³/mol. The molecular formula is C12H13FN2O4. The Kier molecular flexibility index (Phi) is 5.01. The number of H-pyrrole nitrogens is 1. The molecule has 0 aliphatic heterocycles. The summed E-state index contributed by atoms with van der Waals surface area (Å²) in [5.74, 6) is -3.86. The summed E-state index contributed by atoms with van der Waals surface area (Å²) >= 11 is 0. The van der Waals surface area contributed by atoms with Gasteiger partial charge in [0, 0.05) is 11.6 Å². The lowest BCUT2D eigenvalue weighted by Gasteiger charge is -1.95. The summed E-state index contributed by atoms with van der Waals surface area (Å²) in [6.07, 6.45) is 2.60. The molecule has 0 spiro atoms. The molecule has 2 rings (SSSR count). The van der Waals surface area contributed by atoms with E-state index in [1.54, 1.807) is 6.07 Å². The lowest BCUT2D eigenvalue weighted by Crippen LogP contribution is -2.09. The first kappa shape index (κ1) is 14.7. The summed E-state index contributed by atoms with van der Waals surface area (Å²) in [6.45, 7) is 0.587. The average Bonchev–Trinajstić information content (AvgIpc) is 2.75. The van der Waals surface area contributed by atoms with E-state index >= 15 is 0 Å². The van der Waals surface area contributed by atoms with Crippen molar-refractivity contribution in [1.82, 2.24) is 4.98 Å². The summed E-state index contributed by atoms with van der Waals surface area (Å²) in [7, 11) is 0. The van der Waals surface area contributed by atoms with Gasteiger partial charge in [-0.3, -0.25) is 0 Å². The highest BCUT2D eigenvalue weighted by Gasteiger charge is 2.05. The Balaban J connectivity index is 0.000000258. The van der Waals surface area contributed by atoms with Gasteiger partial charge in [-0.2, -0.15) is 0 Å². The van der Waals surface area contributed by atoms with Crippen molar-refractivity contribution in [3.63, 3.8) is 0 Å². The average molecular weight is 268 g/mol. The fourth-order valence-electron chi connectivity index (χ4n) is 1.54. The van der Waals surface area contributed by atoms with Gasteiger partial charge < -0.3 is 20.9 Å². The minimum Gasteiger partial charge on any atom is -0.473 e. The number of aromatic amines is 1. The van der Waals surface area contributed by atoms with Gasteiger partial charge in [0.25, 0.3) is 0 Å². The smallest absolute Gasteiger partial charge is 0.414 e. The van der Waals surface area contributed by atoms with Crippen LogP contribution in [0.2, 0.25) is 0 Å². The zero-order valence-electron chi connectivity index (χ0n) is 9.89. The van der Waals surface area contributed by atoms with E-state index in [1.165, 1.54) is 6.07 Å². The molecule has 0 saturated carbocycles. The number of hydrogen-bond acceptors (Lipinski definition) is 3. The number of hydrogen-bond donors (Lipinski definition) is 4. The summed E-state index contributed by atoms with van der Waals surface area (Å²) in [4.78, 5) is 21.1. The Hall–Kier alpha value is -2.41. The molecule has 0 saturated heterocycles. The molecule has 0 amide bonds. The zero-order valence-corrected chi connectivity index (χ0v) is 9.89. The number of carboxylic acids is 2. The third-order valence-electron chi connectivity index (χ3n) is 2.35. The molecule has 6 nitrogen and oxygen atoms in total. The van der Waals surface area contributed by atoms with Crippen molar-refractivity contribution >= 4 is 22.8 Å². The maximum Gasteiger partial charge on any atom is 0.414 e. The van der Waals surface area contributed by atoms with E-state index in [-0.39, 0.29) is 5.82 Å². The molecule has 19 heavy (non-hydrogen) atoms. The molecule has 5 N–H and O–H groups in total. The number of nitrogens with two attached hydrogens (primary N) is 1. The molecule has 0 aliphatic rings. The van der Waals surface area contributed by atoms with E-state index in [2.05, 4.69) is 4.98 Å². The van der Waals surface area contributed by atoms with Crippen LogP contribution < -0.4 is 5.73 Å². The van der Waals surface area contributed by atoms with Crippen LogP contribution in [0.5, 0.6) is 0 Å². The Morgan fingerprint density at radius 3 is 2.42 bits per heavy atom. The van der Waals surface area contributed by atoms with Gasteiger partial charge in [0.2, 0.25) is 0 Å². The normalized spacial score (nSPS) is 9.79. The lowest BCUT2D eigenvalue weighted by atomic mass is 10.1. The van der Waals surface area contributed by atoms with Crippen LogP contribution in [0.3, 0.4) is 0 Å². The van der Waals surface area contributed by atoms with E-state index in [4.69, 9.17) is 25.5 Å². The lowest BCUT2D eigenvalue weighted by molar-refractivity contribution is -0.159. The first-order valence-electron chi connectivity index (χ1n) is 5.38.